The van der Waals surface area contributed by atoms with Gasteiger partial charge >= 0.3 is 0 Å². The van der Waals surface area contributed by atoms with Crippen LogP contribution in [-0.4, -0.2) is 29.8 Å². The van der Waals surface area contributed by atoms with Crippen molar-refractivity contribution in [3.8, 4) is 11.1 Å². The number of benzene rings is 2. The summed E-state index contributed by atoms with van der Waals surface area (Å²) in [6, 6.07) is 14.2. The summed E-state index contributed by atoms with van der Waals surface area (Å²) in [5.41, 5.74) is 7.35. The fourth-order valence-corrected chi connectivity index (χ4v) is 4.04. The zero-order valence-corrected chi connectivity index (χ0v) is 16.3. The van der Waals surface area contributed by atoms with Crippen LogP contribution in [0.4, 0.5) is 4.39 Å². The Morgan fingerprint density at radius 3 is 2.50 bits per heavy atom. The molecule has 0 aliphatic carbocycles. The van der Waals surface area contributed by atoms with Crippen LogP contribution < -0.4 is 5.73 Å². The van der Waals surface area contributed by atoms with Crippen LogP contribution >= 0.6 is 0 Å². The molecule has 1 aliphatic rings. The third kappa shape index (κ3) is 4.24. The molecule has 4 nitrogen and oxygen atoms in total. The minimum absolute atomic E-state index is 0.0859. The van der Waals surface area contributed by atoms with E-state index >= 15 is 0 Å². The predicted molar refractivity (Wildman–Crippen MR) is 108 cm³/mol. The van der Waals surface area contributed by atoms with Crippen molar-refractivity contribution in [2.45, 2.75) is 39.0 Å². The van der Waals surface area contributed by atoms with Crippen LogP contribution in [0.3, 0.4) is 0 Å². The van der Waals surface area contributed by atoms with Gasteiger partial charge in [-0.25, -0.2) is 4.39 Å². The summed E-state index contributed by atoms with van der Waals surface area (Å²) >= 11 is 0. The van der Waals surface area contributed by atoms with E-state index in [0.717, 1.165) is 24.0 Å². The number of amides is 2. The quantitative estimate of drug-likeness (QED) is 0.823. The maximum absolute atomic E-state index is 14.0. The van der Waals surface area contributed by atoms with Crippen molar-refractivity contribution in [3.05, 3.63) is 59.9 Å². The van der Waals surface area contributed by atoms with E-state index in [0.29, 0.717) is 37.9 Å². The lowest BCUT2D eigenvalue weighted by atomic mass is 9.74. The van der Waals surface area contributed by atoms with Crippen molar-refractivity contribution in [3.63, 3.8) is 0 Å². The standard InChI is InChI=1S/C23H27FN2O2/c1-2-6-21(27)26-14-5-13-23(16-26,22(25)28)15-17-9-11-18(12-10-17)19-7-3-4-8-20(19)24/h3-4,7-12H,2,5-6,13-16H2,1H3,(H2,25,28). The van der Waals surface area contributed by atoms with Crippen molar-refractivity contribution >= 4 is 11.8 Å². The molecule has 1 aliphatic heterocycles. The molecule has 0 saturated carbocycles. The summed E-state index contributed by atoms with van der Waals surface area (Å²) in [6.45, 7) is 3.02. The maximum atomic E-state index is 14.0. The van der Waals surface area contributed by atoms with Gasteiger partial charge < -0.3 is 10.6 Å². The Hall–Kier alpha value is -2.69. The first-order valence-corrected chi connectivity index (χ1v) is 9.87. The maximum Gasteiger partial charge on any atom is 0.225 e. The average Bonchev–Trinajstić information content (AvgIpc) is 2.69. The fraction of sp³-hybridized carbons (Fsp3) is 0.391. The molecule has 1 fully saturated rings. The summed E-state index contributed by atoms with van der Waals surface area (Å²) in [6.07, 6.45) is 3.21. The van der Waals surface area contributed by atoms with Gasteiger partial charge in [-0.2, -0.15) is 0 Å². The highest BCUT2D eigenvalue weighted by atomic mass is 19.1. The van der Waals surface area contributed by atoms with Gasteiger partial charge in [-0.3, -0.25) is 9.59 Å². The van der Waals surface area contributed by atoms with E-state index in [1.165, 1.54) is 6.07 Å². The Labute approximate surface area is 165 Å². The van der Waals surface area contributed by atoms with E-state index in [9.17, 15) is 14.0 Å². The lowest BCUT2D eigenvalue weighted by Crippen LogP contribution is -2.53. The van der Waals surface area contributed by atoms with Gasteiger partial charge in [0.15, 0.2) is 0 Å². The third-order valence-electron chi connectivity index (χ3n) is 5.60. The van der Waals surface area contributed by atoms with Gasteiger partial charge in [0.25, 0.3) is 0 Å². The molecule has 5 heteroatoms. The zero-order valence-electron chi connectivity index (χ0n) is 16.3. The van der Waals surface area contributed by atoms with Crippen LogP contribution in [0.5, 0.6) is 0 Å². The summed E-state index contributed by atoms with van der Waals surface area (Å²) < 4.78 is 14.0. The van der Waals surface area contributed by atoms with E-state index in [1.807, 2.05) is 31.2 Å². The molecule has 0 aromatic heterocycles. The van der Waals surface area contributed by atoms with Crippen LogP contribution in [0.25, 0.3) is 11.1 Å². The molecule has 1 atom stereocenters. The van der Waals surface area contributed by atoms with Crippen molar-refractivity contribution < 1.29 is 14.0 Å². The summed E-state index contributed by atoms with van der Waals surface area (Å²) in [5, 5.41) is 0. The molecule has 2 aromatic carbocycles. The number of halogens is 1. The monoisotopic (exact) mass is 382 g/mol. The summed E-state index contributed by atoms with van der Waals surface area (Å²) in [5.74, 6) is -0.538. The normalized spacial score (nSPS) is 19.4. The van der Waals surface area contributed by atoms with Crippen LogP contribution in [0.15, 0.2) is 48.5 Å². The van der Waals surface area contributed by atoms with Crippen LogP contribution in [0.1, 0.15) is 38.2 Å². The van der Waals surface area contributed by atoms with Crippen LogP contribution in [0, 0.1) is 11.2 Å². The molecular weight excluding hydrogens is 355 g/mol. The van der Waals surface area contributed by atoms with Crippen molar-refractivity contribution in [2.75, 3.05) is 13.1 Å². The minimum atomic E-state index is -0.749. The van der Waals surface area contributed by atoms with Crippen molar-refractivity contribution in [2.24, 2.45) is 11.1 Å². The number of likely N-dealkylation sites (tertiary alicyclic amines) is 1. The van der Waals surface area contributed by atoms with Crippen molar-refractivity contribution in [1.29, 1.82) is 0 Å². The molecule has 0 spiro atoms. The molecule has 1 saturated heterocycles. The molecule has 1 heterocycles. The fourth-order valence-electron chi connectivity index (χ4n) is 4.04. The number of nitrogens with two attached hydrogens (primary N) is 1. The SMILES string of the molecule is CCCC(=O)N1CCCC(Cc2ccc(-c3ccccc3F)cc2)(C(N)=O)C1. The summed E-state index contributed by atoms with van der Waals surface area (Å²) in [4.78, 5) is 26.5. The second kappa shape index (κ2) is 8.55. The van der Waals surface area contributed by atoms with Crippen LogP contribution in [0.2, 0.25) is 0 Å². The molecular formula is C23H27FN2O2. The average molecular weight is 382 g/mol. The van der Waals surface area contributed by atoms with Gasteiger partial charge in [-0.1, -0.05) is 49.4 Å². The number of carbonyl (C=O) groups excluding carboxylic acids is 2. The molecule has 0 bridgehead atoms. The number of nitrogens with zero attached hydrogens (tertiary/aromatic N) is 1. The van der Waals surface area contributed by atoms with Gasteiger partial charge in [0.1, 0.15) is 5.82 Å². The Morgan fingerprint density at radius 1 is 1.14 bits per heavy atom. The first kappa shape index (κ1) is 20.1. The zero-order chi connectivity index (χ0) is 20.1. The largest absolute Gasteiger partial charge is 0.369 e. The van der Waals surface area contributed by atoms with E-state index < -0.39 is 5.41 Å². The van der Waals surface area contributed by atoms with Gasteiger partial charge in [0, 0.05) is 25.1 Å². The predicted octanol–water partition coefficient (Wildman–Crippen LogP) is 3.93. The van der Waals surface area contributed by atoms with Gasteiger partial charge in [0.2, 0.25) is 11.8 Å². The number of rotatable bonds is 6. The Balaban J connectivity index is 1.80. The molecule has 148 valence electrons. The van der Waals surface area contributed by atoms with E-state index in [1.54, 1.807) is 23.1 Å². The highest BCUT2D eigenvalue weighted by Gasteiger charge is 2.42. The Morgan fingerprint density at radius 2 is 1.86 bits per heavy atom. The highest BCUT2D eigenvalue weighted by molar-refractivity contribution is 5.83. The number of hydrogen-bond acceptors (Lipinski definition) is 2. The number of primary amides is 1. The molecule has 2 amide bonds. The highest BCUT2D eigenvalue weighted by Crippen LogP contribution is 2.34. The smallest absolute Gasteiger partial charge is 0.225 e. The topological polar surface area (TPSA) is 63.4 Å². The van der Waals surface area contributed by atoms with E-state index in [2.05, 4.69) is 0 Å². The second-order valence-electron chi connectivity index (χ2n) is 7.67. The first-order valence-electron chi connectivity index (χ1n) is 9.87. The summed E-state index contributed by atoms with van der Waals surface area (Å²) in [7, 11) is 0. The number of hydrogen-bond donors (Lipinski definition) is 1. The Kier molecular flexibility index (Phi) is 6.12. The van der Waals surface area contributed by atoms with Gasteiger partial charge in [0.05, 0.1) is 5.41 Å². The second-order valence-corrected chi connectivity index (χ2v) is 7.67. The third-order valence-corrected chi connectivity index (χ3v) is 5.60. The molecule has 28 heavy (non-hydrogen) atoms. The van der Waals surface area contributed by atoms with Crippen molar-refractivity contribution in [1.82, 2.24) is 4.90 Å². The molecule has 2 N–H and O–H groups in total. The van der Waals surface area contributed by atoms with Crippen LogP contribution in [-0.2, 0) is 16.0 Å². The molecule has 1 unspecified atom stereocenters. The van der Waals surface area contributed by atoms with E-state index in [4.69, 9.17) is 5.73 Å². The minimum Gasteiger partial charge on any atom is -0.369 e. The number of piperidine rings is 1. The number of carbonyl (C=O) groups is 2. The lowest BCUT2D eigenvalue weighted by Gasteiger charge is -2.41. The van der Waals surface area contributed by atoms with Gasteiger partial charge in [-0.05, 0) is 42.9 Å². The lowest BCUT2D eigenvalue weighted by molar-refractivity contribution is -0.140. The Bertz CT molecular complexity index is 850. The molecule has 2 aromatic rings. The molecule has 3 rings (SSSR count). The van der Waals surface area contributed by atoms with Gasteiger partial charge in [-0.15, -0.1) is 0 Å². The first-order chi connectivity index (χ1) is 13.4. The molecule has 0 radical (unpaired) electrons. The van der Waals surface area contributed by atoms with E-state index in [-0.39, 0.29) is 17.6 Å².